The number of esters is 1. The lowest BCUT2D eigenvalue weighted by atomic mass is 10.6. The van der Waals surface area contributed by atoms with Gasteiger partial charge in [-0.25, -0.2) is 4.79 Å². The van der Waals surface area contributed by atoms with Gasteiger partial charge in [0.15, 0.2) is 5.88 Å². The van der Waals surface area contributed by atoms with Crippen LogP contribution in [0.1, 0.15) is 13.8 Å². The molecule has 0 unspecified atom stereocenters. The Kier molecular flexibility index (Phi) is 3.54. The molecular weight excluding hydrogens is 130 g/mol. The van der Waals surface area contributed by atoms with Crippen molar-refractivity contribution >= 4 is 5.97 Å². The molecule has 0 bridgehead atoms. The average molecular weight is 143 g/mol. The number of rotatable bonds is 0. The first-order valence-corrected chi connectivity index (χ1v) is 3.31. The number of cyclic esters (lactones) is 1. The van der Waals surface area contributed by atoms with Gasteiger partial charge in [-0.15, -0.1) is 0 Å². The molecule has 0 aromatic carbocycles. The van der Waals surface area contributed by atoms with E-state index in [1.807, 2.05) is 13.8 Å². The predicted octanol–water partition coefficient (Wildman–Crippen LogP) is 0.972. The Morgan fingerprint density at radius 1 is 1.60 bits per heavy atom. The summed E-state index contributed by atoms with van der Waals surface area (Å²) in [6.45, 7) is 7.80. The van der Waals surface area contributed by atoms with Gasteiger partial charge in [0.1, 0.15) is 6.54 Å². The maximum atomic E-state index is 10.3. The largest absolute Gasteiger partial charge is 0.409 e. The van der Waals surface area contributed by atoms with E-state index in [2.05, 4.69) is 11.3 Å². The SMILES string of the molecule is C=C1OC(=O)CN1C.CC. The van der Waals surface area contributed by atoms with Crippen molar-refractivity contribution in [3.63, 3.8) is 0 Å². The van der Waals surface area contributed by atoms with Crippen LogP contribution in [-0.4, -0.2) is 24.5 Å². The highest BCUT2D eigenvalue weighted by Gasteiger charge is 2.19. The second kappa shape index (κ2) is 3.93. The summed E-state index contributed by atoms with van der Waals surface area (Å²) in [5, 5.41) is 0. The lowest BCUT2D eigenvalue weighted by Gasteiger charge is -2.03. The molecule has 1 fully saturated rings. The van der Waals surface area contributed by atoms with Crippen molar-refractivity contribution in [3.05, 3.63) is 12.5 Å². The Balaban J connectivity index is 0.000000371. The summed E-state index contributed by atoms with van der Waals surface area (Å²) in [7, 11) is 1.76. The van der Waals surface area contributed by atoms with E-state index in [-0.39, 0.29) is 5.97 Å². The summed E-state index contributed by atoms with van der Waals surface area (Å²) in [4.78, 5) is 12.0. The number of hydrogen-bond donors (Lipinski definition) is 0. The molecule has 0 N–H and O–H groups in total. The van der Waals surface area contributed by atoms with Gasteiger partial charge in [0.05, 0.1) is 0 Å². The first kappa shape index (κ1) is 9.01. The van der Waals surface area contributed by atoms with Crippen LogP contribution in [0.25, 0.3) is 0 Å². The molecule has 0 aromatic heterocycles. The van der Waals surface area contributed by atoms with E-state index < -0.39 is 0 Å². The molecule has 10 heavy (non-hydrogen) atoms. The fraction of sp³-hybridized carbons (Fsp3) is 0.571. The normalized spacial score (nSPS) is 16.1. The Hall–Kier alpha value is -0.990. The molecule has 0 aromatic rings. The Morgan fingerprint density at radius 2 is 2.10 bits per heavy atom. The minimum atomic E-state index is -0.225. The summed E-state index contributed by atoms with van der Waals surface area (Å²) in [6.07, 6.45) is 0. The van der Waals surface area contributed by atoms with Crippen LogP contribution in [0.5, 0.6) is 0 Å². The van der Waals surface area contributed by atoms with Gasteiger partial charge in [-0.1, -0.05) is 13.8 Å². The number of hydrogen-bond acceptors (Lipinski definition) is 3. The third-order valence-electron chi connectivity index (χ3n) is 1.02. The van der Waals surface area contributed by atoms with Gasteiger partial charge >= 0.3 is 5.97 Å². The van der Waals surface area contributed by atoms with Crippen molar-refractivity contribution in [1.82, 2.24) is 4.90 Å². The highest BCUT2D eigenvalue weighted by molar-refractivity contribution is 5.75. The summed E-state index contributed by atoms with van der Waals surface area (Å²) in [5.41, 5.74) is 0. The summed E-state index contributed by atoms with van der Waals surface area (Å²) < 4.78 is 4.57. The van der Waals surface area contributed by atoms with Crippen LogP contribution in [0.2, 0.25) is 0 Å². The first-order valence-electron chi connectivity index (χ1n) is 3.31. The number of nitrogens with zero attached hydrogens (tertiary/aromatic N) is 1. The first-order chi connectivity index (χ1) is 4.70. The van der Waals surface area contributed by atoms with Crippen molar-refractivity contribution < 1.29 is 9.53 Å². The van der Waals surface area contributed by atoms with Crippen molar-refractivity contribution in [3.8, 4) is 0 Å². The molecular formula is C7H13NO2. The predicted molar refractivity (Wildman–Crippen MR) is 39.2 cm³/mol. The van der Waals surface area contributed by atoms with E-state index >= 15 is 0 Å². The molecule has 1 aliphatic rings. The van der Waals surface area contributed by atoms with Gasteiger partial charge in [0.25, 0.3) is 0 Å². The molecule has 0 atom stereocenters. The molecule has 0 radical (unpaired) electrons. The van der Waals surface area contributed by atoms with Gasteiger partial charge in [-0.05, 0) is 6.58 Å². The molecule has 58 valence electrons. The maximum Gasteiger partial charge on any atom is 0.332 e. The van der Waals surface area contributed by atoms with E-state index in [1.165, 1.54) is 0 Å². The minimum Gasteiger partial charge on any atom is -0.409 e. The van der Waals surface area contributed by atoms with Gasteiger partial charge < -0.3 is 9.64 Å². The maximum absolute atomic E-state index is 10.3. The van der Waals surface area contributed by atoms with Gasteiger partial charge in [0, 0.05) is 7.05 Å². The number of carbonyl (C=O) groups is 1. The van der Waals surface area contributed by atoms with E-state index in [0.29, 0.717) is 12.4 Å². The van der Waals surface area contributed by atoms with Crippen molar-refractivity contribution in [2.24, 2.45) is 0 Å². The monoisotopic (exact) mass is 143 g/mol. The van der Waals surface area contributed by atoms with Crippen LogP contribution in [0.3, 0.4) is 0 Å². The third kappa shape index (κ3) is 2.09. The zero-order valence-electron chi connectivity index (χ0n) is 6.68. The molecule has 1 heterocycles. The average Bonchev–Trinajstić information content (AvgIpc) is 2.16. The van der Waals surface area contributed by atoms with E-state index in [0.717, 1.165) is 0 Å². The fourth-order valence-electron chi connectivity index (χ4n) is 0.523. The Bertz CT molecular complexity index is 143. The zero-order chi connectivity index (χ0) is 8.15. The van der Waals surface area contributed by atoms with E-state index in [9.17, 15) is 4.79 Å². The topological polar surface area (TPSA) is 29.5 Å². The second-order valence-electron chi connectivity index (χ2n) is 1.72. The fourth-order valence-corrected chi connectivity index (χ4v) is 0.523. The molecule has 0 amide bonds. The molecule has 0 aliphatic carbocycles. The molecule has 3 nitrogen and oxygen atoms in total. The molecule has 1 saturated heterocycles. The van der Waals surface area contributed by atoms with Crippen molar-refractivity contribution in [2.45, 2.75) is 13.8 Å². The quantitative estimate of drug-likeness (QED) is 0.473. The van der Waals surface area contributed by atoms with Crippen LogP contribution >= 0.6 is 0 Å². The van der Waals surface area contributed by atoms with Crippen LogP contribution in [-0.2, 0) is 9.53 Å². The standard InChI is InChI=1S/C5H7NO2.C2H6/c1-4-6(2)3-5(7)8-4;1-2/h1,3H2,2H3;1-2H3. The second-order valence-corrected chi connectivity index (χ2v) is 1.72. The van der Waals surface area contributed by atoms with Gasteiger partial charge in [-0.2, -0.15) is 0 Å². The van der Waals surface area contributed by atoms with E-state index in [1.54, 1.807) is 11.9 Å². The van der Waals surface area contributed by atoms with Crippen LogP contribution in [0.15, 0.2) is 12.5 Å². The summed E-state index contributed by atoms with van der Waals surface area (Å²) in [6, 6.07) is 0. The smallest absolute Gasteiger partial charge is 0.332 e. The summed E-state index contributed by atoms with van der Waals surface area (Å²) in [5.74, 6) is 0.215. The Labute approximate surface area is 61.3 Å². The number of carbonyl (C=O) groups excluding carboxylic acids is 1. The number of likely N-dealkylation sites (N-methyl/N-ethyl adjacent to an activating group) is 1. The molecule has 1 aliphatic heterocycles. The van der Waals surface area contributed by atoms with Gasteiger partial charge in [0.2, 0.25) is 0 Å². The van der Waals surface area contributed by atoms with Gasteiger partial charge in [-0.3, -0.25) is 0 Å². The summed E-state index contributed by atoms with van der Waals surface area (Å²) >= 11 is 0. The minimum absolute atomic E-state index is 0.225. The molecule has 1 rings (SSSR count). The van der Waals surface area contributed by atoms with Crippen LogP contribution < -0.4 is 0 Å². The van der Waals surface area contributed by atoms with Crippen molar-refractivity contribution in [2.75, 3.05) is 13.6 Å². The molecule has 0 spiro atoms. The number of ether oxygens (including phenoxy) is 1. The third-order valence-corrected chi connectivity index (χ3v) is 1.02. The zero-order valence-corrected chi connectivity index (χ0v) is 6.68. The molecule has 3 heteroatoms. The lowest BCUT2D eigenvalue weighted by Crippen LogP contribution is -2.11. The molecule has 0 saturated carbocycles. The van der Waals surface area contributed by atoms with Crippen LogP contribution in [0, 0.1) is 0 Å². The highest BCUT2D eigenvalue weighted by Crippen LogP contribution is 2.08. The van der Waals surface area contributed by atoms with E-state index in [4.69, 9.17) is 0 Å². The Morgan fingerprint density at radius 3 is 2.20 bits per heavy atom. The van der Waals surface area contributed by atoms with Crippen LogP contribution in [0.4, 0.5) is 0 Å². The van der Waals surface area contributed by atoms with Crippen molar-refractivity contribution in [1.29, 1.82) is 0 Å². The lowest BCUT2D eigenvalue weighted by molar-refractivity contribution is -0.134. The highest BCUT2D eigenvalue weighted by atomic mass is 16.6.